The first-order valence-corrected chi connectivity index (χ1v) is 7.46. The molecule has 0 aliphatic carbocycles. The molecule has 2 aromatic carbocycles. The van der Waals surface area contributed by atoms with Crippen LogP contribution in [0.15, 0.2) is 60.9 Å². The summed E-state index contributed by atoms with van der Waals surface area (Å²) in [6.07, 6.45) is 3.31. The number of nitrogens with one attached hydrogen (secondary N) is 1. The third kappa shape index (κ3) is 3.16. The number of methoxy groups -OCH3 is 1. The fraction of sp³-hybridized carbons (Fsp3) is 0.158. The lowest BCUT2D eigenvalue weighted by Gasteiger charge is -2.15. The molecule has 0 aliphatic rings. The van der Waals surface area contributed by atoms with E-state index in [0.717, 1.165) is 27.8 Å². The topological polar surface area (TPSA) is 51.2 Å². The zero-order chi connectivity index (χ0) is 16.2. The summed E-state index contributed by atoms with van der Waals surface area (Å²) in [5.74, 6) is 0.503. The number of pyridine rings is 1. The minimum absolute atomic E-state index is 0.0421. The van der Waals surface area contributed by atoms with Crippen LogP contribution in [-0.4, -0.2) is 18.0 Å². The van der Waals surface area contributed by atoms with E-state index in [9.17, 15) is 4.79 Å². The van der Waals surface area contributed by atoms with Crippen molar-refractivity contribution in [3.05, 3.63) is 66.5 Å². The molecule has 3 aromatic rings. The number of ether oxygens (including phenoxy) is 1. The van der Waals surface area contributed by atoms with E-state index in [1.807, 2.05) is 43.3 Å². The Balaban J connectivity index is 1.91. The highest BCUT2D eigenvalue weighted by Gasteiger charge is 2.17. The van der Waals surface area contributed by atoms with Crippen LogP contribution in [-0.2, 0) is 4.79 Å². The van der Waals surface area contributed by atoms with Gasteiger partial charge in [0.25, 0.3) is 0 Å². The van der Waals surface area contributed by atoms with E-state index >= 15 is 0 Å². The number of carbonyl (C=O) groups is 1. The average molecular weight is 306 g/mol. The summed E-state index contributed by atoms with van der Waals surface area (Å²) in [5, 5.41) is 5.05. The zero-order valence-electron chi connectivity index (χ0n) is 13.1. The predicted molar refractivity (Wildman–Crippen MR) is 91.8 cm³/mol. The number of hydrogen-bond acceptors (Lipinski definition) is 3. The summed E-state index contributed by atoms with van der Waals surface area (Å²) in [4.78, 5) is 16.5. The van der Waals surface area contributed by atoms with E-state index in [0.29, 0.717) is 0 Å². The Morgan fingerprint density at radius 3 is 2.65 bits per heavy atom. The van der Waals surface area contributed by atoms with Gasteiger partial charge in [0, 0.05) is 18.1 Å². The highest BCUT2D eigenvalue weighted by atomic mass is 16.5. The quantitative estimate of drug-likeness (QED) is 0.793. The first kappa shape index (κ1) is 15.0. The molecule has 1 heterocycles. The van der Waals surface area contributed by atoms with Crippen molar-refractivity contribution in [2.45, 2.75) is 12.8 Å². The van der Waals surface area contributed by atoms with Crippen LogP contribution < -0.4 is 10.1 Å². The molecule has 0 saturated carbocycles. The number of aromatic nitrogens is 1. The van der Waals surface area contributed by atoms with Crippen LogP contribution in [0.1, 0.15) is 18.4 Å². The summed E-state index contributed by atoms with van der Waals surface area (Å²) >= 11 is 0. The Bertz CT molecular complexity index is 831. The number of rotatable bonds is 4. The van der Waals surface area contributed by atoms with Crippen LogP contribution in [0.25, 0.3) is 10.8 Å². The molecule has 0 bridgehead atoms. The van der Waals surface area contributed by atoms with Gasteiger partial charge in [-0.1, -0.05) is 24.3 Å². The maximum absolute atomic E-state index is 12.5. The Morgan fingerprint density at radius 2 is 1.91 bits per heavy atom. The second-order valence-corrected chi connectivity index (χ2v) is 5.38. The van der Waals surface area contributed by atoms with Gasteiger partial charge in [-0.15, -0.1) is 0 Å². The van der Waals surface area contributed by atoms with Gasteiger partial charge in [0.15, 0.2) is 0 Å². The van der Waals surface area contributed by atoms with E-state index in [-0.39, 0.29) is 11.8 Å². The molecule has 0 aliphatic heterocycles. The molecule has 0 fully saturated rings. The largest absolute Gasteiger partial charge is 0.497 e. The van der Waals surface area contributed by atoms with E-state index in [1.165, 1.54) is 0 Å². The van der Waals surface area contributed by atoms with E-state index < -0.39 is 0 Å². The van der Waals surface area contributed by atoms with Gasteiger partial charge in [-0.2, -0.15) is 0 Å². The Labute approximate surface area is 135 Å². The van der Waals surface area contributed by atoms with Gasteiger partial charge in [-0.05, 0) is 47.5 Å². The summed E-state index contributed by atoms with van der Waals surface area (Å²) in [5.41, 5.74) is 1.75. The average Bonchev–Trinajstić information content (AvgIpc) is 2.60. The van der Waals surface area contributed by atoms with Crippen molar-refractivity contribution in [3.8, 4) is 5.75 Å². The Hall–Kier alpha value is -2.88. The van der Waals surface area contributed by atoms with Gasteiger partial charge < -0.3 is 10.1 Å². The van der Waals surface area contributed by atoms with Crippen LogP contribution in [0, 0.1) is 0 Å². The molecule has 1 atom stereocenters. The molecular formula is C19H18N2O2. The van der Waals surface area contributed by atoms with Crippen LogP contribution in [0.5, 0.6) is 5.75 Å². The van der Waals surface area contributed by atoms with Gasteiger partial charge in [-0.3, -0.25) is 9.78 Å². The van der Waals surface area contributed by atoms with Gasteiger partial charge in [0.2, 0.25) is 5.91 Å². The first-order chi connectivity index (χ1) is 11.2. The summed E-state index contributed by atoms with van der Waals surface area (Å²) < 4.78 is 5.26. The highest BCUT2D eigenvalue weighted by Crippen LogP contribution is 2.29. The lowest BCUT2D eigenvalue weighted by molar-refractivity contribution is -0.117. The number of nitrogens with zero attached hydrogens (tertiary/aromatic N) is 1. The van der Waals surface area contributed by atoms with Gasteiger partial charge in [-0.25, -0.2) is 0 Å². The zero-order valence-corrected chi connectivity index (χ0v) is 13.1. The second kappa shape index (κ2) is 6.48. The fourth-order valence-electron chi connectivity index (χ4n) is 2.62. The van der Waals surface area contributed by atoms with Crippen molar-refractivity contribution in [2.75, 3.05) is 12.4 Å². The van der Waals surface area contributed by atoms with Gasteiger partial charge in [0.05, 0.1) is 13.0 Å². The first-order valence-electron chi connectivity index (χ1n) is 7.46. The molecule has 116 valence electrons. The summed E-state index contributed by atoms with van der Waals surface area (Å²) in [6, 6.07) is 15.4. The molecule has 4 heteroatoms. The minimum Gasteiger partial charge on any atom is -0.497 e. The Morgan fingerprint density at radius 1 is 1.13 bits per heavy atom. The number of amides is 1. The smallest absolute Gasteiger partial charge is 0.231 e. The van der Waals surface area contributed by atoms with Crippen LogP contribution >= 0.6 is 0 Å². The molecule has 0 spiro atoms. The van der Waals surface area contributed by atoms with Crippen LogP contribution in [0.2, 0.25) is 0 Å². The third-order valence-corrected chi connectivity index (χ3v) is 3.93. The Kier molecular flexibility index (Phi) is 4.24. The summed E-state index contributed by atoms with van der Waals surface area (Å²) in [6.45, 7) is 1.91. The van der Waals surface area contributed by atoms with E-state index in [2.05, 4.69) is 10.3 Å². The number of carbonyl (C=O) groups excluding carboxylic acids is 1. The molecule has 1 N–H and O–H groups in total. The normalized spacial score (nSPS) is 11.9. The van der Waals surface area contributed by atoms with E-state index in [4.69, 9.17) is 4.74 Å². The van der Waals surface area contributed by atoms with Crippen molar-refractivity contribution in [1.82, 2.24) is 4.98 Å². The monoisotopic (exact) mass is 306 g/mol. The molecule has 0 radical (unpaired) electrons. The molecule has 1 unspecified atom stereocenters. The molecule has 1 amide bonds. The van der Waals surface area contributed by atoms with Crippen molar-refractivity contribution >= 4 is 22.4 Å². The second-order valence-electron chi connectivity index (χ2n) is 5.38. The number of benzene rings is 2. The molecule has 1 aromatic heterocycles. The van der Waals surface area contributed by atoms with Gasteiger partial charge >= 0.3 is 0 Å². The maximum Gasteiger partial charge on any atom is 0.231 e. The van der Waals surface area contributed by atoms with E-state index in [1.54, 1.807) is 31.6 Å². The summed E-state index contributed by atoms with van der Waals surface area (Å²) in [7, 11) is 1.65. The third-order valence-electron chi connectivity index (χ3n) is 3.93. The SMILES string of the molecule is COc1ccc2c(C(C)C(=O)Nc3ccncc3)cccc2c1. The lowest BCUT2D eigenvalue weighted by Crippen LogP contribution is -2.19. The van der Waals surface area contributed by atoms with Crippen molar-refractivity contribution < 1.29 is 9.53 Å². The number of fused-ring (bicyclic) bond motifs is 1. The molecule has 0 saturated heterocycles. The van der Waals surface area contributed by atoms with Crippen molar-refractivity contribution in [2.24, 2.45) is 0 Å². The minimum atomic E-state index is -0.264. The molecule has 23 heavy (non-hydrogen) atoms. The molecule has 3 rings (SSSR count). The molecular weight excluding hydrogens is 288 g/mol. The number of hydrogen-bond donors (Lipinski definition) is 1. The lowest BCUT2D eigenvalue weighted by atomic mass is 9.94. The number of anilines is 1. The standard InChI is InChI=1S/C19H18N2O2/c1-13(19(22)21-15-8-10-20-11-9-15)17-5-3-4-14-12-16(23-2)6-7-18(14)17/h3-13H,1-2H3,(H,20,21,22). The van der Waals surface area contributed by atoms with Crippen molar-refractivity contribution in [1.29, 1.82) is 0 Å². The maximum atomic E-state index is 12.5. The fourth-order valence-corrected chi connectivity index (χ4v) is 2.62. The molecule has 4 nitrogen and oxygen atoms in total. The highest BCUT2D eigenvalue weighted by molar-refractivity contribution is 5.99. The predicted octanol–water partition coefficient (Wildman–Crippen LogP) is 3.99. The van der Waals surface area contributed by atoms with Crippen LogP contribution in [0.3, 0.4) is 0 Å². The van der Waals surface area contributed by atoms with Gasteiger partial charge in [0.1, 0.15) is 5.75 Å². The van der Waals surface area contributed by atoms with Crippen molar-refractivity contribution in [3.63, 3.8) is 0 Å². The van der Waals surface area contributed by atoms with Crippen LogP contribution in [0.4, 0.5) is 5.69 Å².